The Morgan fingerprint density at radius 3 is 2.69 bits per heavy atom. The maximum Gasteiger partial charge on any atom is 0.274 e. The first kappa shape index (κ1) is 22.3. The molecule has 0 fully saturated rings. The molecule has 0 spiro atoms. The molecule has 0 aliphatic rings. The van der Waals surface area contributed by atoms with Gasteiger partial charge >= 0.3 is 0 Å². The molecule has 0 atom stereocenters. The molecule has 0 amide bonds. The van der Waals surface area contributed by atoms with Crippen molar-refractivity contribution in [2.24, 2.45) is 4.99 Å². The lowest BCUT2D eigenvalue weighted by Crippen LogP contribution is -2.36. The maximum absolute atomic E-state index is 11.1. The molecule has 26 heavy (non-hydrogen) atoms. The zero-order valence-electron chi connectivity index (χ0n) is 15.1. The molecule has 0 saturated carbocycles. The molecule has 1 heterocycles. The quantitative estimate of drug-likeness (QED) is 0.201. The van der Waals surface area contributed by atoms with Gasteiger partial charge in [-0.3, -0.25) is 10.1 Å². The van der Waals surface area contributed by atoms with E-state index in [-0.39, 0.29) is 41.1 Å². The van der Waals surface area contributed by atoms with Crippen molar-refractivity contribution in [3.8, 4) is 0 Å². The van der Waals surface area contributed by atoms with E-state index in [4.69, 9.17) is 0 Å². The third-order valence-electron chi connectivity index (χ3n) is 3.51. The Hall–Kier alpha value is -1.75. The molecule has 0 saturated heterocycles. The molecule has 142 valence electrons. The largest absolute Gasteiger partial charge is 0.357 e. The highest BCUT2D eigenvalue weighted by molar-refractivity contribution is 14.0. The van der Waals surface area contributed by atoms with Gasteiger partial charge in [-0.15, -0.1) is 35.3 Å². The van der Waals surface area contributed by atoms with E-state index in [9.17, 15) is 10.1 Å². The van der Waals surface area contributed by atoms with Crippen LogP contribution in [0.15, 0.2) is 34.6 Å². The number of para-hydroxylation sites is 1. The molecule has 2 rings (SSSR count). The summed E-state index contributed by atoms with van der Waals surface area (Å²) >= 11 is 1.61. The number of nitrogens with zero attached hydrogens (tertiary/aromatic N) is 3. The van der Waals surface area contributed by atoms with Crippen LogP contribution in [0.3, 0.4) is 0 Å². The number of hydrogen-bond acceptors (Lipinski definition) is 5. The molecule has 0 radical (unpaired) electrons. The van der Waals surface area contributed by atoms with Gasteiger partial charge in [0.25, 0.3) is 5.69 Å². The second-order valence-electron chi connectivity index (χ2n) is 5.76. The van der Waals surface area contributed by atoms with Gasteiger partial charge in [-0.1, -0.05) is 32.0 Å². The summed E-state index contributed by atoms with van der Waals surface area (Å²) < 4.78 is 0. The summed E-state index contributed by atoms with van der Waals surface area (Å²) in [6.45, 7) is 7.72. The Bertz CT molecular complexity index is 748. The molecular weight excluding hydrogens is 465 g/mol. The van der Waals surface area contributed by atoms with Crippen LogP contribution in [-0.4, -0.2) is 22.4 Å². The van der Waals surface area contributed by atoms with E-state index in [0.29, 0.717) is 30.5 Å². The fourth-order valence-electron chi connectivity index (χ4n) is 2.16. The number of thiazole rings is 1. The molecule has 7 nitrogen and oxygen atoms in total. The molecule has 0 unspecified atom stereocenters. The molecule has 0 aliphatic carbocycles. The van der Waals surface area contributed by atoms with E-state index in [0.717, 1.165) is 10.7 Å². The summed E-state index contributed by atoms with van der Waals surface area (Å²) in [7, 11) is 0. The number of rotatable bonds is 7. The number of nitro benzene ring substituents is 1. The van der Waals surface area contributed by atoms with Gasteiger partial charge in [0, 0.05) is 18.0 Å². The lowest BCUT2D eigenvalue weighted by Gasteiger charge is -2.10. The van der Waals surface area contributed by atoms with Gasteiger partial charge in [-0.25, -0.2) is 9.98 Å². The second-order valence-corrected chi connectivity index (χ2v) is 6.70. The number of guanidine groups is 1. The smallest absolute Gasteiger partial charge is 0.274 e. The number of hydrogen-bond donors (Lipinski definition) is 2. The minimum absolute atomic E-state index is 0. The van der Waals surface area contributed by atoms with Gasteiger partial charge in [0.05, 0.1) is 29.3 Å². The highest BCUT2D eigenvalue weighted by Gasteiger charge is 2.12. The SMILES string of the molecule is CCNC(=NCc1ccccc1[N+](=O)[O-])NCc1nc(C(C)C)cs1.I. The lowest BCUT2D eigenvalue weighted by molar-refractivity contribution is -0.385. The number of nitro groups is 1. The Morgan fingerprint density at radius 1 is 1.35 bits per heavy atom. The summed E-state index contributed by atoms with van der Waals surface area (Å²) in [4.78, 5) is 19.7. The average Bonchev–Trinajstić information content (AvgIpc) is 3.07. The van der Waals surface area contributed by atoms with Crippen LogP contribution in [0.1, 0.15) is 43.0 Å². The van der Waals surface area contributed by atoms with Crippen LogP contribution < -0.4 is 10.6 Å². The third kappa shape index (κ3) is 6.52. The van der Waals surface area contributed by atoms with Gasteiger partial charge in [0.1, 0.15) is 5.01 Å². The number of nitrogens with one attached hydrogen (secondary N) is 2. The van der Waals surface area contributed by atoms with Crippen molar-refractivity contribution < 1.29 is 4.92 Å². The standard InChI is InChI=1S/C17H23N5O2S.HI/c1-4-18-17(20-10-16-21-14(11-25-16)12(2)3)19-9-13-7-5-6-8-15(13)22(23)24;/h5-8,11-12H,4,9-10H2,1-3H3,(H2,18,19,20);1H. The van der Waals surface area contributed by atoms with Crippen molar-refractivity contribution in [1.29, 1.82) is 0 Å². The van der Waals surface area contributed by atoms with E-state index < -0.39 is 0 Å². The maximum atomic E-state index is 11.1. The van der Waals surface area contributed by atoms with Gasteiger partial charge in [0.2, 0.25) is 0 Å². The molecule has 2 N–H and O–H groups in total. The zero-order chi connectivity index (χ0) is 18.2. The molecule has 0 bridgehead atoms. The Kier molecular flexibility index (Phi) is 9.49. The van der Waals surface area contributed by atoms with Gasteiger partial charge in [-0.2, -0.15) is 0 Å². The van der Waals surface area contributed by atoms with Crippen molar-refractivity contribution in [2.75, 3.05) is 6.54 Å². The van der Waals surface area contributed by atoms with Crippen LogP contribution in [-0.2, 0) is 13.1 Å². The van der Waals surface area contributed by atoms with E-state index in [2.05, 4.69) is 39.8 Å². The fraction of sp³-hybridized carbons (Fsp3) is 0.412. The first-order valence-corrected chi connectivity index (χ1v) is 9.08. The second kappa shape index (κ2) is 11.1. The summed E-state index contributed by atoms with van der Waals surface area (Å²) in [6, 6.07) is 6.65. The Labute approximate surface area is 174 Å². The monoisotopic (exact) mass is 489 g/mol. The molecule has 1 aromatic carbocycles. The fourth-order valence-corrected chi connectivity index (χ4v) is 3.05. The van der Waals surface area contributed by atoms with Crippen LogP contribution in [0.2, 0.25) is 0 Å². The molecule has 0 aliphatic heterocycles. The van der Waals surface area contributed by atoms with Crippen LogP contribution >= 0.6 is 35.3 Å². The van der Waals surface area contributed by atoms with E-state index >= 15 is 0 Å². The zero-order valence-corrected chi connectivity index (χ0v) is 18.2. The van der Waals surface area contributed by atoms with Gasteiger partial charge in [-0.05, 0) is 12.8 Å². The Morgan fingerprint density at radius 2 is 2.08 bits per heavy atom. The van der Waals surface area contributed by atoms with E-state index in [1.807, 2.05) is 6.92 Å². The topological polar surface area (TPSA) is 92.5 Å². The van der Waals surface area contributed by atoms with Crippen molar-refractivity contribution in [2.45, 2.75) is 39.8 Å². The molecule has 9 heteroatoms. The number of benzene rings is 1. The minimum atomic E-state index is -0.381. The summed E-state index contributed by atoms with van der Waals surface area (Å²) in [6.07, 6.45) is 0. The predicted octanol–water partition coefficient (Wildman–Crippen LogP) is 4.05. The van der Waals surface area contributed by atoms with E-state index in [1.54, 1.807) is 29.5 Å². The van der Waals surface area contributed by atoms with Crippen molar-refractivity contribution >= 4 is 47.0 Å². The molecule has 2 aromatic rings. The number of aromatic nitrogens is 1. The third-order valence-corrected chi connectivity index (χ3v) is 4.38. The Balaban J connectivity index is 0.00000338. The van der Waals surface area contributed by atoms with Crippen molar-refractivity contribution in [1.82, 2.24) is 15.6 Å². The van der Waals surface area contributed by atoms with Gasteiger partial charge in [0.15, 0.2) is 5.96 Å². The number of aliphatic imine (C=N–C) groups is 1. The molecule has 1 aromatic heterocycles. The van der Waals surface area contributed by atoms with E-state index in [1.165, 1.54) is 6.07 Å². The van der Waals surface area contributed by atoms with Crippen LogP contribution in [0.25, 0.3) is 0 Å². The average molecular weight is 489 g/mol. The number of halogens is 1. The van der Waals surface area contributed by atoms with Crippen molar-refractivity contribution in [3.63, 3.8) is 0 Å². The van der Waals surface area contributed by atoms with Crippen LogP contribution in [0, 0.1) is 10.1 Å². The highest BCUT2D eigenvalue weighted by Crippen LogP contribution is 2.19. The molecular formula is C17H24IN5O2S. The predicted molar refractivity (Wildman–Crippen MR) is 116 cm³/mol. The van der Waals surface area contributed by atoms with Crippen molar-refractivity contribution in [3.05, 3.63) is 56.0 Å². The summed E-state index contributed by atoms with van der Waals surface area (Å²) in [5.41, 5.74) is 1.76. The lowest BCUT2D eigenvalue weighted by atomic mass is 10.2. The summed E-state index contributed by atoms with van der Waals surface area (Å²) in [5.74, 6) is 1.02. The van der Waals surface area contributed by atoms with Crippen LogP contribution in [0.4, 0.5) is 5.69 Å². The summed E-state index contributed by atoms with van der Waals surface area (Å²) in [5, 5.41) is 20.5. The minimum Gasteiger partial charge on any atom is -0.357 e. The normalized spacial score (nSPS) is 11.2. The van der Waals surface area contributed by atoms with Crippen LogP contribution in [0.5, 0.6) is 0 Å². The van der Waals surface area contributed by atoms with Gasteiger partial charge < -0.3 is 10.6 Å². The first-order chi connectivity index (χ1) is 12.0. The highest BCUT2D eigenvalue weighted by atomic mass is 127. The first-order valence-electron chi connectivity index (χ1n) is 8.20.